The Kier molecular flexibility index (Phi) is 2.73. The molecule has 1 aromatic heterocycles. The Bertz CT molecular complexity index is 499. The number of rotatable bonds is 2. The van der Waals surface area contributed by atoms with Gasteiger partial charge in [-0.2, -0.15) is 0 Å². The molecule has 0 saturated heterocycles. The zero-order chi connectivity index (χ0) is 10.8. The predicted octanol–water partition coefficient (Wildman–Crippen LogP) is 2.85. The molecule has 0 atom stereocenters. The first-order valence-corrected chi connectivity index (χ1v) is 5.11. The Labute approximate surface area is 93.1 Å². The van der Waals surface area contributed by atoms with Crippen LogP contribution in [0.3, 0.4) is 0 Å². The third-order valence-electron chi connectivity index (χ3n) is 2.37. The minimum absolute atomic E-state index is 0.459. The fourth-order valence-electron chi connectivity index (χ4n) is 1.56. The van der Waals surface area contributed by atoms with Crippen molar-refractivity contribution in [2.45, 2.75) is 13.3 Å². The summed E-state index contributed by atoms with van der Waals surface area (Å²) in [4.78, 5) is 8.11. The smallest absolute Gasteiger partial charge is 0.140 e. The average Bonchev–Trinajstić information content (AvgIpc) is 2.28. The Balaban J connectivity index is 2.75. The SMILES string of the molecule is CCc1cc2ncnc(Cl)c2cc1OC. The van der Waals surface area contributed by atoms with Crippen molar-refractivity contribution >= 4 is 22.5 Å². The number of ether oxygens (including phenoxy) is 1. The highest BCUT2D eigenvalue weighted by Crippen LogP contribution is 2.28. The highest BCUT2D eigenvalue weighted by Gasteiger charge is 2.07. The zero-order valence-electron chi connectivity index (χ0n) is 8.62. The van der Waals surface area contributed by atoms with Crippen molar-refractivity contribution in [2.75, 3.05) is 7.11 Å². The summed E-state index contributed by atoms with van der Waals surface area (Å²) in [6, 6.07) is 3.87. The summed E-state index contributed by atoms with van der Waals surface area (Å²) >= 11 is 5.97. The molecule has 0 unspecified atom stereocenters. The molecule has 0 spiro atoms. The maximum atomic E-state index is 5.97. The molecule has 1 heterocycles. The van der Waals surface area contributed by atoms with E-state index in [4.69, 9.17) is 16.3 Å². The van der Waals surface area contributed by atoms with Gasteiger partial charge in [0.1, 0.15) is 17.2 Å². The fraction of sp³-hybridized carbons (Fsp3) is 0.273. The van der Waals surface area contributed by atoms with Crippen LogP contribution in [0.1, 0.15) is 12.5 Å². The standard InChI is InChI=1S/C11H11ClN2O/c1-3-7-4-9-8(5-10(7)15-2)11(12)14-6-13-9/h4-6H,3H2,1-2H3. The van der Waals surface area contributed by atoms with E-state index in [1.807, 2.05) is 12.1 Å². The molecule has 78 valence electrons. The molecule has 1 aromatic carbocycles. The number of hydrogen-bond donors (Lipinski definition) is 0. The molecule has 0 bridgehead atoms. The second-order valence-corrected chi connectivity index (χ2v) is 3.56. The van der Waals surface area contributed by atoms with Crippen LogP contribution in [0.25, 0.3) is 10.9 Å². The topological polar surface area (TPSA) is 35.0 Å². The number of fused-ring (bicyclic) bond motifs is 1. The van der Waals surface area contributed by atoms with E-state index in [-0.39, 0.29) is 0 Å². The van der Waals surface area contributed by atoms with E-state index in [0.29, 0.717) is 5.15 Å². The van der Waals surface area contributed by atoms with Crippen molar-refractivity contribution in [1.29, 1.82) is 0 Å². The first kappa shape index (κ1) is 10.2. The minimum atomic E-state index is 0.459. The molecule has 4 heteroatoms. The summed E-state index contributed by atoms with van der Waals surface area (Å²) in [5.41, 5.74) is 1.98. The molecule has 0 amide bonds. The van der Waals surface area contributed by atoms with Gasteiger partial charge in [0.05, 0.1) is 12.6 Å². The van der Waals surface area contributed by atoms with Crippen LogP contribution >= 0.6 is 11.6 Å². The molecule has 0 aliphatic heterocycles. The molecular formula is C11H11ClN2O. The van der Waals surface area contributed by atoms with Gasteiger partial charge in [0, 0.05) is 5.39 Å². The van der Waals surface area contributed by atoms with Crippen molar-refractivity contribution in [3.05, 3.63) is 29.2 Å². The molecule has 0 N–H and O–H groups in total. The van der Waals surface area contributed by atoms with E-state index in [2.05, 4.69) is 16.9 Å². The van der Waals surface area contributed by atoms with Crippen molar-refractivity contribution in [3.63, 3.8) is 0 Å². The molecule has 0 fully saturated rings. The molecule has 0 radical (unpaired) electrons. The van der Waals surface area contributed by atoms with Gasteiger partial charge in [0.15, 0.2) is 0 Å². The lowest BCUT2D eigenvalue weighted by molar-refractivity contribution is 0.411. The van der Waals surface area contributed by atoms with Crippen LogP contribution in [0, 0.1) is 0 Å². The summed E-state index contributed by atoms with van der Waals surface area (Å²) in [6.07, 6.45) is 2.37. The van der Waals surface area contributed by atoms with Gasteiger partial charge in [-0.15, -0.1) is 0 Å². The minimum Gasteiger partial charge on any atom is -0.496 e. The van der Waals surface area contributed by atoms with Gasteiger partial charge in [-0.1, -0.05) is 18.5 Å². The molecular weight excluding hydrogens is 212 g/mol. The van der Waals surface area contributed by atoms with E-state index < -0.39 is 0 Å². The van der Waals surface area contributed by atoms with Gasteiger partial charge in [0.2, 0.25) is 0 Å². The second kappa shape index (κ2) is 4.03. The zero-order valence-corrected chi connectivity index (χ0v) is 9.38. The first-order valence-electron chi connectivity index (χ1n) is 4.73. The molecule has 3 nitrogen and oxygen atoms in total. The lowest BCUT2D eigenvalue weighted by atomic mass is 10.1. The summed E-state index contributed by atoms with van der Waals surface area (Å²) in [6.45, 7) is 2.08. The lowest BCUT2D eigenvalue weighted by Crippen LogP contribution is -1.93. The highest BCUT2D eigenvalue weighted by atomic mass is 35.5. The van der Waals surface area contributed by atoms with Gasteiger partial charge in [-0.25, -0.2) is 9.97 Å². The largest absolute Gasteiger partial charge is 0.496 e. The molecule has 0 saturated carbocycles. The summed E-state index contributed by atoms with van der Waals surface area (Å²) in [7, 11) is 1.65. The van der Waals surface area contributed by atoms with Gasteiger partial charge >= 0.3 is 0 Å². The average molecular weight is 223 g/mol. The summed E-state index contributed by atoms with van der Waals surface area (Å²) < 4.78 is 5.29. The molecule has 15 heavy (non-hydrogen) atoms. The van der Waals surface area contributed by atoms with Gasteiger partial charge < -0.3 is 4.74 Å². The molecule has 0 aliphatic rings. The van der Waals surface area contributed by atoms with E-state index in [1.54, 1.807) is 7.11 Å². The summed E-state index contributed by atoms with van der Waals surface area (Å²) in [5.74, 6) is 0.835. The van der Waals surface area contributed by atoms with Crippen molar-refractivity contribution < 1.29 is 4.74 Å². The van der Waals surface area contributed by atoms with E-state index in [9.17, 15) is 0 Å². The number of aryl methyl sites for hydroxylation is 1. The van der Waals surface area contributed by atoms with E-state index in [0.717, 1.165) is 28.6 Å². The monoisotopic (exact) mass is 222 g/mol. The van der Waals surface area contributed by atoms with Crippen molar-refractivity contribution in [3.8, 4) is 5.75 Å². The first-order chi connectivity index (χ1) is 7.26. The summed E-state index contributed by atoms with van der Waals surface area (Å²) in [5, 5.41) is 1.29. The third-order valence-corrected chi connectivity index (χ3v) is 2.67. The van der Waals surface area contributed by atoms with Gasteiger partial charge in [-0.05, 0) is 24.1 Å². The maximum Gasteiger partial charge on any atom is 0.140 e. The Morgan fingerprint density at radius 1 is 1.33 bits per heavy atom. The second-order valence-electron chi connectivity index (χ2n) is 3.20. The molecule has 2 rings (SSSR count). The van der Waals surface area contributed by atoms with Crippen LogP contribution in [0.15, 0.2) is 18.5 Å². The predicted molar refractivity (Wildman–Crippen MR) is 60.5 cm³/mol. The van der Waals surface area contributed by atoms with Crippen LogP contribution in [-0.4, -0.2) is 17.1 Å². The number of hydrogen-bond acceptors (Lipinski definition) is 3. The lowest BCUT2D eigenvalue weighted by Gasteiger charge is -2.08. The van der Waals surface area contributed by atoms with E-state index in [1.165, 1.54) is 6.33 Å². The number of methoxy groups -OCH3 is 1. The van der Waals surface area contributed by atoms with Crippen molar-refractivity contribution in [1.82, 2.24) is 9.97 Å². The normalized spacial score (nSPS) is 10.6. The Morgan fingerprint density at radius 2 is 2.13 bits per heavy atom. The van der Waals surface area contributed by atoms with Crippen LogP contribution < -0.4 is 4.74 Å². The van der Waals surface area contributed by atoms with Crippen LogP contribution in [0.4, 0.5) is 0 Å². The van der Waals surface area contributed by atoms with Crippen LogP contribution in [0.2, 0.25) is 5.15 Å². The quantitative estimate of drug-likeness (QED) is 0.733. The van der Waals surface area contributed by atoms with E-state index >= 15 is 0 Å². The third kappa shape index (κ3) is 1.75. The Hall–Kier alpha value is -1.35. The number of aromatic nitrogens is 2. The van der Waals surface area contributed by atoms with Gasteiger partial charge in [0.25, 0.3) is 0 Å². The fourth-order valence-corrected chi connectivity index (χ4v) is 1.76. The number of benzene rings is 1. The van der Waals surface area contributed by atoms with Crippen LogP contribution in [0.5, 0.6) is 5.75 Å². The van der Waals surface area contributed by atoms with Gasteiger partial charge in [-0.3, -0.25) is 0 Å². The highest BCUT2D eigenvalue weighted by molar-refractivity contribution is 6.34. The molecule has 0 aliphatic carbocycles. The number of nitrogens with zero attached hydrogens (tertiary/aromatic N) is 2. The number of halogens is 1. The Morgan fingerprint density at radius 3 is 2.80 bits per heavy atom. The van der Waals surface area contributed by atoms with Crippen LogP contribution in [-0.2, 0) is 6.42 Å². The molecule has 2 aromatic rings. The van der Waals surface area contributed by atoms with Crippen molar-refractivity contribution in [2.24, 2.45) is 0 Å². The maximum absolute atomic E-state index is 5.97.